The van der Waals surface area contributed by atoms with Gasteiger partial charge in [-0.2, -0.15) is 0 Å². The molecule has 0 saturated carbocycles. The molecule has 0 radical (unpaired) electrons. The Kier molecular flexibility index (Phi) is 8.20. The average Bonchev–Trinajstić information content (AvgIpc) is 3.37. The van der Waals surface area contributed by atoms with Crippen molar-refractivity contribution in [3.8, 4) is 5.75 Å². The standard InChI is InChI=1S/C29H32N4O4/c1-20-9-11-24(12-10-20)29(36)33-14-13-32(26(34)17-21-5-4-8-25(16-21)37-2)28(33)27(35)31-19-23-7-3-6-22(15-23)18-30/h3-12,15-16,28H,13-14,17-19,30H2,1-2H3,(H,31,35). The van der Waals surface area contributed by atoms with Gasteiger partial charge in [0, 0.05) is 31.7 Å². The van der Waals surface area contributed by atoms with Crippen LogP contribution in [-0.2, 0) is 29.1 Å². The molecule has 3 aromatic carbocycles. The lowest BCUT2D eigenvalue weighted by molar-refractivity contribution is -0.141. The number of nitrogens with one attached hydrogen (secondary N) is 1. The molecule has 1 aliphatic rings. The molecular formula is C29H32N4O4. The quantitative estimate of drug-likeness (QED) is 0.495. The Morgan fingerprint density at radius 1 is 0.919 bits per heavy atom. The number of ether oxygens (including phenoxy) is 1. The van der Waals surface area contributed by atoms with Crippen LogP contribution in [0.15, 0.2) is 72.8 Å². The predicted molar refractivity (Wildman–Crippen MR) is 141 cm³/mol. The molecule has 8 nitrogen and oxygen atoms in total. The number of amides is 3. The second-order valence-electron chi connectivity index (χ2n) is 9.10. The number of hydrogen-bond donors (Lipinski definition) is 2. The van der Waals surface area contributed by atoms with Crippen LogP contribution >= 0.6 is 0 Å². The lowest BCUT2D eigenvalue weighted by atomic mass is 10.1. The molecule has 1 unspecified atom stereocenters. The number of carbonyl (C=O) groups is 3. The molecule has 1 fully saturated rings. The minimum absolute atomic E-state index is 0.0894. The molecule has 3 amide bonds. The number of rotatable bonds is 8. The molecule has 0 aromatic heterocycles. The largest absolute Gasteiger partial charge is 0.497 e. The number of aryl methyl sites for hydroxylation is 1. The van der Waals surface area contributed by atoms with E-state index in [2.05, 4.69) is 5.32 Å². The first-order valence-corrected chi connectivity index (χ1v) is 12.2. The van der Waals surface area contributed by atoms with Gasteiger partial charge in [-0.1, -0.05) is 54.1 Å². The van der Waals surface area contributed by atoms with Crippen LogP contribution in [-0.4, -0.2) is 53.9 Å². The van der Waals surface area contributed by atoms with Crippen molar-refractivity contribution in [3.63, 3.8) is 0 Å². The second-order valence-corrected chi connectivity index (χ2v) is 9.10. The number of hydrogen-bond acceptors (Lipinski definition) is 5. The van der Waals surface area contributed by atoms with Crippen molar-refractivity contribution in [2.75, 3.05) is 20.2 Å². The third-order valence-electron chi connectivity index (χ3n) is 6.47. The highest BCUT2D eigenvalue weighted by atomic mass is 16.5. The first kappa shape index (κ1) is 25.9. The van der Waals surface area contributed by atoms with E-state index in [1.165, 1.54) is 9.80 Å². The van der Waals surface area contributed by atoms with Gasteiger partial charge in [0.05, 0.1) is 13.5 Å². The molecule has 1 heterocycles. The molecule has 0 bridgehead atoms. The summed E-state index contributed by atoms with van der Waals surface area (Å²) in [6, 6.07) is 22.1. The monoisotopic (exact) mass is 500 g/mol. The van der Waals surface area contributed by atoms with E-state index in [0.717, 1.165) is 22.3 Å². The van der Waals surface area contributed by atoms with Gasteiger partial charge in [0.2, 0.25) is 5.91 Å². The zero-order chi connectivity index (χ0) is 26.4. The molecule has 0 spiro atoms. The Morgan fingerprint density at radius 3 is 2.32 bits per heavy atom. The maximum Gasteiger partial charge on any atom is 0.264 e. The third-order valence-corrected chi connectivity index (χ3v) is 6.47. The van der Waals surface area contributed by atoms with Gasteiger partial charge in [-0.05, 0) is 47.9 Å². The van der Waals surface area contributed by atoms with Gasteiger partial charge in [0.25, 0.3) is 11.8 Å². The van der Waals surface area contributed by atoms with Gasteiger partial charge in [-0.15, -0.1) is 0 Å². The first-order chi connectivity index (χ1) is 17.9. The van der Waals surface area contributed by atoms with Gasteiger partial charge in [0.1, 0.15) is 5.75 Å². The average molecular weight is 501 g/mol. The maximum atomic E-state index is 13.5. The van der Waals surface area contributed by atoms with Gasteiger partial charge >= 0.3 is 0 Å². The molecule has 1 saturated heterocycles. The summed E-state index contributed by atoms with van der Waals surface area (Å²) in [5, 5.41) is 2.92. The maximum absolute atomic E-state index is 13.5. The van der Waals surface area contributed by atoms with E-state index in [4.69, 9.17) is 10.5 Å². The Morgan fingerprint density at radius 2 is 1.59 bits per heavy atom. The van der Waals surface area contributed by atoms with Crippen molar-refractivity contribution in [2.45, 2.75) is 32.6 Å². The van der Waals surface area contributed by atoms with Crippen LogP contribution in [0.25, 0.3) is 0 Å². The molecule has 1 atom stereocenters. The van der Waals surface area contributed by atoms with Crippen molar-refractivity contribution in [1.29, 1.82) is 0 Å². The fourth-order valence-corrected chi connectivity index (χ4v) is 4.45. The van der Waals surface area contributed by atoms with E-state index >= 15 is 0 Å². The molecule has 8 heteroatoms. The second kappa shape index (κ2) is 11.7. The van der Waals surface area contributed by atoms with Crippen LogP contribution in [0.5, 0.6) is 5.75 Å². The Bertz CT molecular complexity index is 1270. The van der Waals surface area contributed by atoms with Crippen molar-refractivity contribution in [2.24, 2.45) is 5.73 Å². The van der Waals surface area contributed by atoms with E-state index < -0.39 is 12.1 Å². The van der Waals surface area contributed by atoms with Crippen LogP contribution in [0.4, 0.5) is 0 Å². The summed E-state index contributed by atoms with van der Waals surface area (Å²) in [6.45, 7) is 3.13. The van der Waals surface area contributed by atoms with Gasteiger partial charge in [-0.25, -0.2) is 0 Å². The fraction of sp³-hybridized carbons (Fsp3) is 0.276. The highest BCUT2D eigenvalue weighted by Gasteiger charge is 2.42. The van der Waals surface area contributed by atoms with E-state index in [9.17, 15) is 14.4 Å². The van der Waals surface area contributed by atoms with Crippen LogP contribution < -0.4 is 15.8 Å². The number of nitrogens with two attached hydrogens (primary N) is 1. The zero-order valence-electron chi connectivity index (χ0n) is 21.1. The van der Waals surface area contributed by atoms with Crippen LogP contribution in [0.1, 0.15) is 32.6 Å². The van der Waals surface area contributed by atoms with Crippen LogP contribution in [0.2, 0.25) is 0 Å². The molecule has 0 aliphatic carbocycles. The molecule has 37 heavy (non-hydrogen) atoms. The summed E-state index contributed by atoms with van der Waals surface area (Å²) in [4.78, 5) is 43.3. The summed E-state index contributed by atoms with van der Waals surface area (Å²) in [6.07, 6.45) is -0.962. The number of nitrogens with zero attached hydrogens (tertiary/aromatic N) is 2. The van der Waals surface area contributed by atoms with E-state index in [0.29, 0.717) is 17.9 Å². The molecule has 1 aliphatic heterocycles. The van der Waals surface area contributed by atoms with Gasteiger partial charge in [-0.3, -0.25) is 14.4 Å². The van der Waals surface area contributed by atoms with E-state index in [-0.39, 0.29) is 37.9 Å². The molecule has 4 rings (SSSR count). The van der Waals surface area contributed by atoms with E-state index in [1.807, 2.05) is 61.5 Å². The Hall–Kier alpha value is -4.17. The zero-order valence-corrected chi connectivity index (χ0v) is 21.1. The van der Waals surface area contributed by atoms with E-state index in [1.54, 1.807) is 25.3 Å². The predicted octanol–water partition coefficient (Wildman–Crippen LogP) is 2.63. The highest BCUT2D eigenvalue weighted by Crippen LogP contribution is 2.22. The number of carbonyl (C=O) groups excluding carboxylic acids is 3. The summed E-state index contributed by atoms with van der Waals surface area (Å²) in [5.41, 5.74) is 9.86. The lowest BCUT2D eigenvalue weighted by Crippen LogP contribution is -2.54. The third kappa shape index (κ3) is 6.16. The van der Waals surface area contributed by atoms with Crippen molar-refractivity contribution >= 4 is 17.7 Å². The van der Waals surface area contributed by atoms with Crippen molar-refractivity contribution < 1.29 is 19.1 Å². The Balaban J connectivity index is 1.56. The molecular weight excluding hydrogens is 468 g/mol. The van der Waals surface area contributed by atoms with Crippen molar-refractivity contribution in [1.82, 2.24) is 15.1 Å². The SMILES string of the molecule is COc1cccc(CC(=O)N2CCN(C(=O)c3ccc(C)cc3)C2C(=O)NCc2cccc(CN)c2)c1. The topological polar surface area (TPSA) is 105 Å². The van der Waals surface area contributed by atoms with Gasteiger partial charge < -0.3 is 25.6 Å². The van der Waals surface area contributed by atoms with Crippen LogP contribution in [0, 0.1) is 6.92 Å². The van der Waals surface area contributed by atoms with Crippen molar-refractivity contribution in [3.05, 3.63) is 101 Å². The number of benzene rings is 3. The normalized spacial score (nSPS) is 14.9. The molecule has 3 aromatic rings. The smallest absolute Gasteiger partial charge is 0.264 e. The summed E-state index contributed by atoms with van der Waals surface area (Å²) in [5.74, 6) is -0.285. The summed E-state index contributed by atoms with van der Waals surface area (Å²) < 4.78 is 5.27. The first-order valence-electron chi connectivity index (χ1n) is 12.2. The summed E-state index contributed by atoms with van der Waals surface area (Å²) >= 11 is 0. The van der Waals surface area contributed by atoms with Crippen LogP contribution in [0.3, 0.4) is 0 Å². The molecule has 192 valence electrons. The molecule has 3 N–H and O–H groups in total. The minimum Gasteiger partial charge on any atom is -0.497 e. The fourth-order valence-electron chi connectivity index (χ4n) is 4.45. The Labute approximate surface area is 217 Å². The number of methoxy groups -OCH3 is 1. The van der Waals surface area contributed by atoms with Gasteiger partial charge in [0.15, 0.2) is 6.17 Å². The highest BCUT2D eigenvalue weighted by molar-refractivity contribution is 5.99. The minimum atomic E-state index is -1.05. The lowest BCUT2D eigenvalue weighted by Gasteiger charge is -2.29. The summed E-state index contributed by atoms with van der Waals surface area (Å²) in [7, 11) is 1.57.